The molecule has 0 radical (unpaired) electrons. The standard InChI is InChI=1S/C24H25FN6O3.CH2O2/c1-12-17(8-28-19-4-3-5-27-23(12)19)16-6-14-7-20(29-9-18(14)22(26)21(16)25)30-24(33)34-15-10-31(11-15)13(2)32;2-1-3/h6-9,15,27H,3-5,10-11,26H2,1-2H3,(H,29,30,33);1H,(H,2,3). The molecule has 2 aliphatic heterocycles. The van der Waals surface area contributed by atoms with Crippen molar-refractivity contribution in [1.82, 2.24) is 14.9 Å². The molecule has 2 amide bonds. The first kappa shape index (κ1) is 25.6. The summed E-state index contributed by atoms with van der Waals surface area (Å²) in [5.41, 5.74) is 9.95. The summed E-state index contributed by atoms with van der Waals surface area (Å²) in [5, 5.41) is 13.9. The maximum Gasteiger partial charge on any atom is 0.413 e. The zero-order valence-electron chi connectivity index (χ0n) is 20.4. The van der Waals surface area contributed by atoms with Gasteiger partial charge in [0.15, 0.2) is 5.82 Å². The van der Waals surface area contributed by atoms with Crippen molar-refractivity contribution in [3.8, 4) is 11.1 Å². The first-order chi connectivity index (χ1) is 17.7. The summed E-state index contributed by atoms with van der Waals surface area (Å²) in [7, 11) is 0. The fourth-order valence-electron chi connectivity index (χ4n) is 4.44. The SMILES string of the molecule is CC(=O)N1CC(OC(=O)Nc2cc3cc(-c4cnc5c(c4C)NCCC5)c(F)c(N)c3cn2)C1.O=CO. The van der Waals surface area contributed by atoms with E-state index in [-0.39, 0.29) is 30.0 Å². The van der Waals surface area contributed by atoms with Gasteiger partial charge < -0.3 is 25.8 Å². The third-order valence-corrected chi connectivity index (χ3v) is 6.40. The minimum absolute atomic E-state index is 0.0157. The van der Waals surface area contributed by atoms with Crippen molar-refractivity contribution >= 4 is 46.4 Å². The van der Waals surface area contributed by atoms with Crippen LogP contribution in [0.5, 0.6) is 0 Å². The van der Waals surface area contributed by atoms with Gasteiger partial charge in [-0.05, 0) is 42.8 Å². The zero-order chi connectivity index (χ0) is 26.7. The first-order valence-electron chi connectivity index (χ1n) is 11.6. The van der Waals surface area contributed by atoms with Crippen molar-refractivity contribution in [1.29, 1.82) is 0 Å². The molecule has 37 heavy (non-hydrogen) atoms. The topological polar surface area (TPSA) is 160 Å². The number of pyridine rings is 2. The molecule has 11 nitrogen and oxygen atoms in total. The number of nitrogens with one attached hydrogen (secondary N) is 2. The number of aromatic nitrogens is 2. The average molecular weight is 511 g/mol. The summed E-state index contributed by atoms with van der Waals surface area (Å²) >= 11 is 0. The van der Waals surface area contributed by atoms with E-state index in [1.807, 2.05) is 6.92 Å². The largest absolute Gasteiger partial charge is 0.483 e. The van der Waals surface area contributed by atoms with E-state index in [9.17, 15) is 9.59 Å². The second-order valence-electron chi connectivity index (χ2n) is 8.77. The quantitative estimate of drug-likeness (QED) is 0.306. The smallest absolute Gasteiger partial charge is 0.413 e. The predicted octanol–water partition coefficient (Wildman–Crippen LogP) is 3.16. The van der Waals surface area contributed by atoms with Crippen LogP contribution in [0.15, 0.2) is 24.5 Å². The lowest BCUT2D eigenvalue weighted by Crippen LogP contribution is -2.54. The summed E-state index contributed by atoms with van der Waals surface area (Å²) in [6.07, 6.45) is 3.98. The van der Waals surface area contributed by atoms with E-state index in [0.29, 0.717) is 35.0 Å². The molecule has 194 valence electrons. The first-order valence-corrected chi connectivity index (χ1v) is 11.6. The number of benzene rings is 1. The number of nitrogen functional groups attached to an aromatic ring is 1. The van der Waals surface area contributed by atoms with Crippen LogP contribution in [0, 0.1) is 12.7 Å². The molecule has 2 aromatic heterocycles. The van der Waals surface area contributed by atoms with Crippen molar-refractivity contribution in [3.05, 3.63) is 41.6 Å². The number of hydrogen-bond acceptors (Lipinski definition) is 8. The number of fused-ring (bicyclic) bond motifs is 2. The Morgan fingerprint density at radius 1 is 1.27 bits per heavy atom. The highest BCUT2D eigenvalue weighted by Gasteiger charge is 2.31. The Bertz CT molecular complexity index is 1380. The number of ether oxygens (including phenoxy) is 1. The van der Waals surface area contributed by atoms with Crippen molar-refractivity contribution in [2.75, 3.05) is 36.0 Å². The number of carboxylic acid groups (broad SMARTS) is 1. The van der Waals surface area contributed by atoms with Gasteiger partial charge in [0.05, 0.1) is 30.2 Å². The molecule has 4 heterocycles. The second kappa shape index (κ2) is 10.6. The minimum atomic E-state index is -0.670. The van der Waals surface area contributed by atoms with Crippen LogP contribution in [0.25, 0.3) is 21.9 Å². The lowest BCUT2D eigenvalue weighted by molar-refractivity contribution is -0.138. The molecular weight excluding hydrogens is 483 g/mol. The second-order valence-corrected chi connectivity index (χ2v) is 8.77. The monoisotopic (exact) mass is 510 g/mol. The number of likely N-dealkylation sites (tertiary alicyclic amines) is 1. The van der Waals surface area contributed by atoms with E-state index in [1.54, 1.807) is 23.2 Å². The number of amides is 2. The number of rotatable bonds is 3. The molecular formula is C25H27FN6O5. The lowest BCUT2D eigenvalue weighted by Gasteiger charge is -2.37. The fraction of sp³-hybridized carbons (Fsp3) is 0.320. The number of nitrogens with two attached hydrogens (primary N) is 1. The molecule has 0 unspecified atom stereocenters. The number of halogens is 1. The highest BCUT2D eigenvalue weighted by atomic mass is 19.1. The summed E-state index contributed by atoms with van der Waals surface area (Å²) in [6.45, 7) is 4.76. The Morgan fingerprint density at radius 3 is 2.70 bits per heavy atom. The zero-order valence-corrected chi connectivity index (χ0v) is 20.4. The molecule has 5 N–H and O–H groups in total. The van der Waals surface area contributed by atoms with Gasteiger partial charge in [0.2, 0.25) is 5.91 Å². The number of carbonyl (C=O) groups excluding carboxylic acids is 2. The average Bonchev–Trinajstić information content (AvgIpc) is 2.84. The van der Waals surface area contributed by atoms with Gasteiger partial charge in [-0.2, -0.15) is 0 Å². The molecule has 0 aliphatic carbocycles. The van der Waals surface area contributed by atoms with Gasteiger partial charge in [-0.15, -0.1) is 0 Å². The van der Waals surface area contributed by atoms with Crippen LogP contribution in [0.3, 0.4) is 0 Å². The maximum absolute atomic E-state index is 15.3. The Kier molecular flexibility index (Phi) is 7.37. The van der Waals surface area contributed by atoms with E-state index < -0.39 is 11.9 Å². The Labute approximate surface area is 211 Å². The van der Waals surface area contributed by atoms with E-state index >= 15 is 4.39 Å². The van der Waals surface area contributed by atoms with Crippen LogP contribution < -0.4 is 16.4 Å². The van der Waals surface area contributed by atoms with E-state index in [4.69, 9.17) is 20.4 Å². The van der Waals surface area contributed by atoms with Crippen LogP contribution in [0.1, 0.15) is 24.6 Å². The number of nitrogens with zero attached hydrogens (tertiary/aromatic N) is 3. The van der Waals surface area contributed by atoms with Crippen LogP contribution in [0.4, 0.5) is 26.4 Å². The number of carbonyl (C=O) groups is 3. The van der Waals surface area contributed by atoms with Gasteiger partial charge in [0.25, 0.3) is 6.47 Å². The molecule has 1 aromatic carbocycles. The van der Waals surface area contributed by atoms with Crippen LogP contribution in [0.2, 0.25) is 0 Å². The van der Waals surface area contributed by atoms with E-state index in [0.717, 1.165) is 36.3 Å². The van der Waals surface area contributed by atoms with Crippen molar-refractivity contribution in [2.24, 2.45) is 0 Å². The molecule has 3 aromatic rings. The summed E-state index contributed by atoms with van der Waals surface area (Å²) in [5.74, 6) is -0.341. The molecule has 1 fully saturated rings. The normalized spacial score (nSPS) is 14.4. The number of aryl methyl sites for hydroxylation is 1. The fourth-order valence-corrected chi connectivity index (χ4v) is 4.44. The van der Waals surface area contributed by atoms with Gasteiger partial charge >= 0.3 is 6.09 Å². The number of hydrogen-bond donors (Lipinski definition) is 4. The Balaban J connectivity index is 0.00000102. The van der Waals surface area contributed by atoms with Crippen LogP contribution >= 0.6 is 0 Å². The third kappa shape index (κ3) is 5.22. The minimum Gasteiger partial charge on any atom is -0.483 e. The van der Waals surface area contributed by atoms with Crippen LogP contribution in [-0.4, -0.2) is 64.2 Å². The highest BCUT2D eigenvalue weighted by molar-refractivity contribution is 5.99. The van der Waals surface area contributed by atoms with E-state index in [2.05, 4.69) is 20.6 Å². The van der Waals surface area contributed by atoms with Crippen LogP contribution in [-0.2, 0) is 20.7 Å². The van der Waals surface area contributed by atoms with Crippen molar-refractivity contribution < 1.29 is 28.6 Å². The molecule has 1 saturated heterocycles. The third-order valence-electron chi connectivity index (χ3n) is 6.40. The highest BCUT2D eigenvalue weighted by Crippen LogP contribution is 2.38. The maximum atomic E-state index is 15.3. The predicted molar refractivity (Wildman–Crippen MR) is 136 cm³/mol. The van der Waals surface area contributed by atoms with E-state index in [1.165, 1.54) is 13.1 Å². The number of anilines is 3. The molecule has 0 saturated carbocycles. The van der Waals surface area contributed by atoms with Gasteiger partial charge in [-0.1, -0.05) is 0 Å². The summed E-state index contributed by atoms with van der Waals surface area (Å²) in [4.78, 5) is 42.2. The summed E-state index contributed by atoms with van der Waals surface area (Å²) in [6, 6.07) is 3.31. The van der Waals surface area contributed by atoms with Gasteiger partial charge in [0, 0.05) is 42.4 Å². The van der Waals surface area contributed by atoms with Crippen molar-refractivity contribution in [2.45, 2.75) is 32.8 Å². The molecule has 12 heteroatoms. The molecule has 0 bridgehead atoms. The Morgan fingerprint density at radius 2 is 2.00 bits per heavy atom. The van der Waals surface area contributed by atoms with Gasteiger partial charge in [-0.25, -0.2) is 14.2 Å². The lowest BCUT2D eigenvalue weighted by atomic mass is 9.95. The summed E-state index contributed by atoms with van der Waals surface area (Å²) < 4.78 is 20.6. The molecule has 5 rings (SSSR count). The molecule has 0 spiro atoms. The molecule has 2 aliphatic rings. The molecule has 0 atom stereocenters. The van der Waals surface area contributed by atoms with Gasteiger partial charge in [0.1, 0.15) is 11.9 Å². The Hall–Kier alpha value is -4.48. The van der Waals surface area contributed by atoms with Crippen molar-refractivity contribution in [3.63, 3.8) is 0 Å². The van der Waals surface area contributed by atoms with Gasteiger partial charge in [-0.3, -0.25) is 19.9 Å².